The Kier molecular flexibility index (Phi) is 7.33. The molecular formula is C30H30N2O5S. The molecule has 2 N–H and O–H groups in total. The van der Waals surface area contributed by atoms with Gasteiger partial charge in [-0.3, -0.25) is 4.72 Å². The fourth-order valence-electron chi connectivity index (χ4n) is 4.97. The third kappa shape index (κ3) is 5.65. The topological polar surface area (TPSA) is 110 Å². The van der Waals surface area contributed by atoms with Gasteiger partial charge in [0, 0.05) is 30.3 Å². The molecule has 5 rings (SSSR count). The lowest BCUT2D eigenvalue weighted by Gasteiger charge is -2.19. The molecule has 0 radical (unpaired) electrons. The largest absolute Gasteiger partial charge is 0.507 e. The Bertz CT molecular complexity index is 1590. The van der Waals surface area contributed by atoms with Crippen LogP contribution in [0.3, 0.4) is 0 Å². The van der Waals surface area contributed by atoms with Crippen LogP contribution in [-0.4, -0.2) is 18.5 Å². The van der Waals surface area contributed by atoms with E-state index < -0.39 is 21.6 Å². The maximum absolute atomic E-state index is 13.2. The SMILES string of the molecule is CCc1ccccc1CCc1cc(O)c(C(c2cccc(NS(=O)(=O)c3ccccn3)c2)C2CC2)c(=O)o1. The first-order valence-electron chi connectivity index (χ1n) is 12.8. The monoisotopic (exact) mass is 530 g/mol. The smallest absolute Gasteiger partial charge is 0.343 e. The van der Waals surface area contributed by atoms with Crippen molar-refractivity contribution in [1.29, 1.82) is 0 Å². The number of anilines is 1. The van der Waals surface area contributed by atoms with E-state index in [4.69, 9.17) is 4.42 Å². The van der Waals surface area contributed by atoms with Crippen LogP contribution >= 0.6 is 0 Å². The van der Waals surface area contributed by atoms with Crippen LogP contribution < -0.4 is 10.3 Å². The van der Waals surface area contributed by atoms with E-state index in [1.54, 1.807) is 36.4 Å². The first-order valence-corrected chi connectivity index (χ1v) is 14.3. The molecule has 1 aliphatic rings. The van der Waals surface area contributed by atoms with Crippen LogP contribution in [0.5, 0.6) is 5.75 Å². The van der Waals surface area contributed by atoms with Crippen LogP contribution in [0, 0.1) is 5.92 Å². The van der Waals surface area contributed by atoms with Crippen molar-refractivity contribution in [3.63, 3.8) is 0 Å². The molecule has 1 fully saturated rings. The summed E-state index contributed by atoms with van der Waals surface area (Å²) < 4.78 is 33.8. The second kappa shape index (κ2) is 10.8. The molecule has 38 heavy (non-hydrogen) atoms. The van der Waals surface area contributed by atoms with Crippen LogP contribution in [0.1, 0.15) is 53.7 Å². The summed E-state index contributed by atoms with van der Waals surface area (Å²) in [4.78, 5) is 17.1. The molecule has 8 heteroatoms. The molecule has 1 aliphatic carbocycles. The minimum atomic E-state index is -3.87. The number of nitrogens with one attached hydrogen (secondary N) is 1. The summed E-state index contributed by atoms with van der Waals surface area (Å²) in [7, 11) is -3.87. The van der Waals surface area contributed by atoms with Gasteiger partial charge in [-0.2, -0.15) is 8.42 Å². The first kappa shape index (κ1) is 25.7. The first-order chi connectivity index (χ1) is 18.4. The summed E-state index contributed by atoms with van der Waals surface area (Å²) in [5.41, 5.74) is 3.20. The van der Waals surface area contributed by atoms with Crippen molar-refractivity contribution in [3.8, 4) is 5.75 Å². The van der Waals surface area contributed by atoms with E-state index in [0.717, 1.165) is 24.8 Å². The second-order valence-corrected chi connectivity index (χ2v) is 11.3. The summed E-state index contributed by atoms with van der Waals surface area (Å²) in [6.07, 6.45) is 5.36. The van der Waals surface area contributed by atoms with Crippen molar-refractivity contribution in [2.24, 2.45) is 5.92 Å². The molecule has 0 amide bonds. The molecule has 0 saturated heterocycles. The van der Waals surface area contributed by atoms with Crippen molar-refractivity contribution >= 4 is 15.7 Å². The van der Waals surface area contributed by atoms with Gasteiger partial charge in [0.1, 0.15) is 11.5 Å². The highest BCUT2D eigenvalue weighted by Gasteiger charge is 2.37. The number of hydrogen-bond donors (Lipinski definition) is 2. The number of aromatic hydroxyl groups is 1. The molecule has 4 aromatic rings. The lowest BCUT2D eigenvalue weighted by molar-refractivity contribution is 0.403. The maximum Gasteiger partial charge on any atom is 0.343 e. The number of aryl methyl sites for hydroxylation is 3. The van der Waals surface area contributed by atoms with Crippen LogP contribution in [0.25, 0.3) is 0 Å². The van der Waals surface area contributed by atoms with Gasteiger partial charge in [-0.15, -0.1) is 0 Å². The molecule has 2 aromatic carbocycles. The van der Waals surface area contributed by atoms with Gasteiger partial charge in [-0.05, 0) is 72.6 Å². The zero-order valence-electron chi connectivity index (χ0n) is 21.1. The van der Waals surface area contributed by atoms with Crippen molar-refractivity contribution < 1.29 is 17.9 Å². The normalized spacial score (nSPS) is 14.2. The third-order valence-electron chi connectivity index (χ3n) is 6.97. The Morgan fingerprint density at radius 1 is 1.00 bits per heavy atom. The summed E-state index contributed by atoms with van der Waals surface area (Å²) in [6.45, 7) is 2.11. The highest BCUT2D eigenvalue weighted by molar-refractivity contribution is 7.92. The summed E-state index contributed by atoms with van der Waals surface area (Å²) in [5, 5.41) is 10.9. The van der Waals surface area contributed by atoms with E-state index in [2.05, 4.69) is 28.8 Å². The van der Waals surface area contributed by atoms with Crippen molar-refractivity contribution in [3.05, 3.63) is 117 Å². The van der Waals surface area contributed by atoms with Gasteiger partial charge < -0.3 is 9.52 Å². The molecule has 1 unspecified atom stereocenters. The number of sulfonamides is 1. The number of hydrogen-bond acceptors (Lipinski definition) is 6. The maximum atomic E-state index is 13.2. The van der Waals surface area contributed by atoms with E-state index in [1.165, 1.54) is 23.4 Å². The van der Waals surface area contributed by atoms with Gasteiger partial charge in [0.15, 0.2) is 5.03 Å². The fraction of sp³-hybridized carbons (Fsp3) is 0.267. The average Bonchev–Trinajstić information content (AvgIpc) is 3.75. The van der Waals surface area contributed by atoms with E-state index >= 15 is 0 Å². The summed E-state index contributed by atoms with van der Waals surface area (Å²) in [5.74, 6) is 0.110. The Balaban J connectivity index is 1.41. The molecule has 2 aromatic heterocycles. The van der Waals surface area contributed by atoms with Crippen molar-refractivity contribution in [2.45, 2.75) is 50.0 Å². The predicted molar refractivity (Wildman–Crippen MR) is 146 cm³/mol. The second-order valence-electron chi connectivity index (χ2n) is 9.64. The van der Waals surface area contributed by atoms with E-state index in [9.17, 15) is 18.3 Å². The van der Waals surface area contributed by atoms with Gasteiger partial charge in [0.2, 0.25) is 0 Å². The van der Waals surface area contributed by atoms with Gasteiger partial charge in [0.05, 0.1) is 5.56 Å². The molecule has 2 heterocycles. The molecule has 0 bridgehead atoms. The number of rotatable bonds is 10. The fourth-order valence-corrected chi connectivity index (χ4v) is 5.96. The van der Waals surface area contributed by atoms with Gasteiger partial charge in [-0.1, -0.05) is 49.4 Å². The predicted octanol–water partition coefficient (Wildman–Crippen LogP) is 5.43. The molecule has 7 nitrogen and oxygen atoms in total. The molecule has 1 saturated carbocycles. The zero-order valence-corrected chi connectivity index (χ0v) is 21.9. The quantitative estimate of drug-likeness (QED) is 0.283. The van der Waals surface area contributed by atoms with E-state index in [-0.39, 0.29) is 22.3 Å². The number of pyridine rings is 1. The van der Waals surface area contributed by atoms with Crippen molar-refractivity contribution in [2.75, 3.05) is 4.72 Å². The molecule has 1 atom stereocenters. The highest BCUT2D eigenvalue weighted by Crippen LogP contribution is 2.48. The molecule has 0 spiro atoms. The Morgan fingerprint density at radius 3 is 2.45 bits per heavy atom. The molecule has 0 aliphatic heterocycles. The van der Waals surface area contributed by atoms with Crippen molar-refractivity contribution in [1.82, 2.24) is 4.98 Å². The van der Waals surface area contributed by atoms with Gasteiger partial charge in [0.25, 0.3) is 10.0 Å². The zero-order chi connectivity index (χ0) is 26.7. The highest BCUT2D eigenvalue weighted by atomic mass is 32.2. The minimum absolute atomic E-state index is 0.0837. The Hall–Kier alpha value is -3.91. The van der Waals surface area contributed by atoms with Crippen LogP contribution in [0.15, 0.2) is 93.2 Å². The standard InChI is InChI=1S/C30H30N2O5S/c1-2-20-8-3-4-9-21(20)15-16-25-19-26(33)29(30(34)37-25)28(22-13-14-22)23-10-7-11-24(18-23)32-38(35,36)27-12-5-6-17-31-27/h3-12,17-19,22,28,32-33H,2,13-16H2,1H3. The van der Waals surface area contributed by atoms with Crippen LogP contribution in [-0.2, 0) is 29.3 Å². The summed E-state index contributed by atoms with van der Waals surface area (Å²) in [6, 6.07) is 21.3. The van der Waals surface area contributed by atoms with E-state index in [0.29, 0.717) is 24.3 Å². The van der Waals surface area contributed by atoms with Gasteiger partial charge in [-0.25, -0.2) is 9.78 Å². The number of benzene rings is 2. The van der Waals surface area contributed by atoms with Gasteiger partial charge >= 0.3 is 5.63 Å². The summed E-state index contributed by atoms with van der Waals surface area (Å²) >= 11 is 0. The van der Waals surface area contributed by atoms with Crippen LogP contribution in [0.4, 0.5) is 5.69 Å². The lowest BCUT2D eigenvalue weighted by atomic mass is 9.87. The van der Waals surface area contributed by atoms with Crippen LogP contribution in [0.2, 0.25) is 0 Å². The number of aromatic nitrogens is 1. The number of nitrogens with zero attached hydrogens (tertiary/aromatic N) is 1. The Labute approximate surface area is 222 Å². The molecular weight excluding hydrogens is 500 g/mol. The van der Waals surface area contributed by atoms with E-state index in [1.807, 2.05) is 18.2 Å². The Morgan fingerprint density at radius 2 is 1.76 bits per heavy atom. The molecule has 196 valence electrons. The lowest BCUT2D eigenvalue weighted by Crippen LogP contribution is -2.18. The average molecular weight is 531 g/mol. The minimum Gasteiger partial charge on any atom is -0.507 e. The third-order valence-corrected chi connectivity index (χ3v) is 8.27.